The SMILES string of the molecule is Nc1c(F)cc(-c2ccccc2C(F)(F)F)cc1F. The van der Waals surface area contributed by atoms with Crippen LogP contribution in [0.25, 0.3) is 11.1 Å². The van der Waals surface area contributed by atoms with Gasteiger partial charge in [-0.2, -0.15) is 13.2 Å². The van der Waals surface area contributed by atoms with Crippen molar-refractivity contribution < 1.29 is 22.0 Å². The van der Waals surface area contributed by atoms with Crippen LogP contribution in [0, 0.1) is 11.6 Å². The molecule has 0 radical (unpaired) electrons. The van der Waals surface area contributed by atoms with Crippen LogP contribution in [0.15, 0.2) is 36.4 Å². The molecule has 0 saturated carbocycles. The lowest BCUT2D eigenvalue weighted by Gasteiger charge is -2.13. The van der Waals surface area contributed by atoms with Gasteiger partial charge in [-0.05, 0) is 29.3 Å². The average Bonchev–Trinajstić information content (AvgIpc) is 2.34. The first-order valence-electron chi connectivity index (χ1n) is 5.22. The van der Waals surface area contributed by atoms with E-state index in [0.717, 1.165) is 24.3 Å². The summed E-state index contributed by atoms with van der Waals surface area (Å²) in [5, 5.41) is 0. The Kier molecular flexibility index (Phi) is 3.18. The van der Waals surface area contributed by atoms with E-state index in [1.54, 1.807) is 0 Å². The van der Waals surface area contributed by atoms with Gasteiger partial charge in [-0.1, -0.05) is 18.2 Å². The van der Waals surface area contributed by atoms with Gasteiger partial charge in [-0.25, -0.2) is 8.78 Å². The van der Waals surface area contributed by atoms with Crippen molar-refractivity contribution in [3.05, 3.63) is 53.6 Å². The highest BCUT2D eigenvalue weighted by atomic mass is 19.4. The van der Waals surface area contributed by atoms with E-state index in [1.807, 2.05) is 0 Å². The van der Waals surface area contributed by atoms with Crippen molar-refractivity contribution in [1.29, 1.82) is 0 Å². The summed E-state index contributed by atoms with van der Waals surface area (Å²) in [6.45, 7) is 0. The number of benzene rings is 2. The van der Waals surface area contributed by atoms with E-state index in [4.69, 9.17) is 5.73 Å². The van der Waals surface area contributed by atoms with Crippen molar-refractivity contribution >= 4 is 5.69 Å². The number of halogens is 5. The molecular formula is C13H8F5N. The highest BCUT2D eigenvalue weighted by Gasteiger charge is 2.33. The molecule has 100 valence electrons. The van der Waals surface area contributed by atoms with Crippen molar-refractivity contribution in [1.82, 2.24) is 0 Å². The van der Waals surface area contributed by atoms with Crippen LogP contribution in [0.3, 0.4) is 0 Å². The standard InChI is InChI=1S/C13H8F5N/c14-10-5-7(6-11(15)12(10)19)8-3-1-2-4-9(8)13(16,17)18/h1-6H,19H2. The van der Waals surface area contributed by atoms with E-state index >= 15 is 0 Å². The number of hydrogen-bond donors (Lipinski definition) is 1. The Morgan fingerprint density at radius 2 is 1.42 bits per heavy atom. The summed E-state index contributed by atoms with van der Waals surface area (Å²) in [5.74, 6) is -2.18. The molecule has 2 aromatic carbocycles. The lowest BCUT2D eigenvalue weighted by molar-refractivity contribution is -0.137. The maximum absolute atomic E-state index is 13.3. The predicted octanol–water partition coefficient (Wildman–Crippen LogP) is 4.23. The number of nitrogens with two attached hydrogens (primary N) is 1. The summed E-state index contributed by atoms with van der Waals surface area (Å²) >= 11 is 0. The van der Waals surface area contributed by atoms with Crippen molar-refractivity contribution in [3.8, 4) is 11.1 Å². The zero-order valence-electron chi connectivity index (χ0n) is 9.43. The summed E-state index contributed by atoms with van der Waals surface area (Å²) in [7, 11) is 0. The molecule has 0 amide bonds. The molecule has 0 fully saturated rings. The van der Waals surface area contributed by atoms with E-state index in [1.165, 1.54) is 12.1 Å². The molecule has 0 aliphatic carbocycles. The van der Waals surface area contributed by atoms with Gasteiger partial charge in [0.2, 0.25) is 0 Å². The van der Waals surface area contributed by atoms with Crippen LogP contribution in [0.4, 0.5) is 27.6 Å². The van der Waals surface area contributed by atoms with Crippen molar-refractivity contribution in [3.63, 3.8) is 0 Å². The summed E-state index contributed by atoms with van der Waals surface area (Å²) in [6, 6.07) is 6.12. The van der Waals surface area contributed by atoms with Crippen LogP contribution in [0.2, 0.25) is 0 Å². The summed E-state index contributed by atoms with van der Waals surface area (Å²) < 4.78 is 65.0. The fraction of sp³-hybridized carbons (Fsp3) is 0.0769. The second-order valence-corrected chi connectivity index (χ2v) is 3.90. The second-order valence-electron chi connectivity index (χ2n) is 3.90. The van der Waals surface area contributed by atoms with Gasteiger partial charge in [0, 0.05) is 0 Å². The van der Waals surface area contributed by atoms with Crippen LogP contribution in [0.1, 0.15) is 5.56 Å². The molecule has 0 unspecified atom stereocenters. The Hall–Kier alpha value is -2.11. The van der Waals surface area contributed by atoms with E-state index in [-0.39, 0.29) is 11.1 Å². The third-order valence-electron chi connectivity index (χ3n) is 2.62. The smallest absolute Gasteiger partial charge is 0.394 e. The number of nitrogen functional groups attached to an aromatic ring is 1. The normalized spacial score (nSPS) is 11.6. The molecule has 0 saturated heterocycles. The zero-order valence-corrected chi connectivity index (χ0v) is 9.43. The molecule has 0 heterocycles. The Balaban J connectivity index is 2.67. The minimum Gasteiger partial charge on any atom is -0.394 e. The molecule has 19 heavy (non-hydrogen) atoms. The van der Waals surface area contributed by atoms with Crippen LogP contribution < -0.4 is 5.73 Å². The number of hydrogen-bond acceptors (Lipinski definition) is 1. The van der Waals surface area contributed by atoms with Gasteiger partial charge in [-0.15, -0.1) is 0 Å². The molecular weight excluding hydrogens is 265 g/mol. The van der Waals surface area contributed by atoms with E-state index in [9.17, 15) is 22.0 Å². The average molecular weight is 273 g/mol. The highest BCUT2D eigenvalue weighted by Crippen LogP contribution is 2.37. The molecule has 0 aromatic heterocycles. The van der Waals surface area contributed by atoms with Crippen LogP contribution >= 0.6 is 0 Å². The van der Waals surface area contributed by atoms with E-state index in [2.05, 4.69) is 0 Å². The first-order chi connectivity index (χ1) is 8.80. The summed E-state index contributed by atoms with van der Waals surface area (Å²) in [4.78, 5) is 0. The second kappa shape index (κ2) is 4.53. The largest absolute Gasteiger partial charge is 0.417 e. The molecule has 0 aliphatic rings. The first-order valence-corrected chi connectivity index (χ1v) is 5.22. The zero-order chi connectivity index (χ0) is 14.2. The predicted molar refractivity (Wildman–Crippen MR) is 61.2 cm³/mol. The number of rotatable bonds is 1. The maximum Gasteiger partial charge on any atom is 0.417 e. The quantitative estimate of drug-likeness (QED) is 0.610. The molecule has 2 N–H and O–H groups in total. The van der Waals surface area contributed by atoms with Gasteiger partial charge in [0.15, 0.2) is 0 Å². The van der Waals surface area contributed by atoms with Crippen molar-refractivity contribution in [2.24, 2.45) is 0 Å². The Morgan fingerprint density at radius 1 is 0.895 bits per heavy atom. The molecule has 0 aliphatic heterocycles. The third-order valence-corrected chi connectivity index (χ3v) is 2.62. The van der Waals surface area contributed by atoms with Gasteiger partial charge in [0.05, 0.1) is 5.56 Å². The lowest BCUT2D eigenvalue weighted by atomic mass is 9.99. The van der Waals surface area contributed by atoms with Crippen molar-refractivity contribution in [2.45, 2.75) is 6.18 Å². The van der Waals surface area contributed by atoms with Crippen LogP contribution in [0.5, 0.6) is 0 Å². The Morgan fingerprint density at radius 3 is 1.95 bits per heavy atom. The highest BCUT2D eigenvalue weighted by molar-refractivity contribution is 5.70. The topological polar surface area (TPSA) is 26.0 Å². The third kappa shape index (κ3) is 2.52. The maximum atomic E-state index is 13.3. The van der Waals surface area contributed by atoms with Gasteiger partial charge in [0.25, 0.3) is 0 Å². The Labute approximate surface area is 105 Å². The van der Waals surface area contributed by atoms with Crippen LogP contribution in [-0.2, 0) is 6.18 Å². The molecule has 2 rings (SSSR count). The molecule has 0 atom stereocenters. The van der Waals surface area contributed by atoms with Crippen LogP contribution in [-0.4, -0.2) is 0 Å². The fourth-order valence-electron chi connectivity index (χ4n) is 1.72. The molecule has 0 bridgehead atoms. The monoisotopic (exact) mass is 273 g/mol. The summed E-state index contributed by atoms with van der Waals surface area (Å²) in [5.41, 5.74) is 2.90. The number of alkyl halides is 3. The van der Waals surface area contributed by atoms with E-state index < -0.39 is 29.1 Å². The molecule has 1 nitrogen and oxygen atoms in total. The van der Waals surface area contributed by atoms with E-state index in [0.29, 0.717) is 0 Å². The summed E-state index contributed by atoms with van der Waals surface area (Å²) in [6.07, 6.45) is -4.61. The van der Waals surface area contributed by atoms with Gasteiger partial charge in [0.1, 0.15) is 17.3 Å². The van der Waals surface area contributed by atoms with Gasteiger partial charge < -0.3 is 5.73 Å². The molecule has 2 aromatic rings. The minimum atomic E-state index is -4.61. The molecule has 6 heteroatoms. The molecule has 0 spiro atoms. The van der Waals surface area contributed by atoms with Gasteiger partial charge >= 0.3 is 6.18 Å². The first kappa shape index (κ1) is 13.3. The lowest BCUT2D eigenvalue weighted by Crippen LogP contribution is -2.07. The Bertz CT molecular complexity index is 596. The number of anilines is 1. The van der Waals surface area contributed by atoms with Gasteiger partial charge in [-0.3, -0.25) is 0 Å². The minimum absolute atomic E-state index is 0.211. The fourth-order valence-corrected chi connectivity index (χ4v) is 1.72. The van der Waals surface area contributed by atoms with Crippen molar-refractivity contribution in [2.75, 3.05) is 5.73 Å².